The number of ether oxygens (including phenoxy) is 3. The maximum atomic E-state index is 12.4. The Morgan fingerprint density at radius 1 is 1.09 bits per heavy atom. The first kappa shape index (κ1) is 16.8. The molecule has 0 spiro atoms. The van der Waals surface area contributed by atoms with Gasteiger partial charge in [0.25, 0.3) is 0 Å². The fourth-order valence-corrected chi connectivity index (χ4v) is 2.05. The Labute approximate surface area is 131 Å². The number of alkyl halides is 3. The van der Waals surface area contributed by atoms with Gasteiger partial charge in [0.15, 0.2) is 11.5 Å². The van der Waals surface area contributed by atoms with Gasteiger partial charge in [-0.3, -0.25) is 0 Å². The number of hydrogen-bond acceptors (Lipinski definition) is 4. The molecule has 0 bridgehead atoms. The van der Waals surface area contributed by atoms with Crippen LogP contribution in [0.15, 0.2) is 42.5 Å². The van der Waals surface area contributed by atoms with Crippen LogP contribution >= 0.6 is 0 Å². The molecule has 7 heteroatoms. The van der Waals surface area contributed by atoms with Gasteiger partial charge in [-0.05, 0) is 18.2 Å². The first-order chi connectivity index (χ1) is 10.9. The third kappa shape index (κ3) is 4.98. The molecule has 23 heavy (non-hydrogen) atoms. The molecule has 2 aromatic carbocycles. The summed E-state index contributed by atoms with van der Waals surface area (Å²) in [5.74, 6) is 0.159. The van der Waals surface area contributed by atoms with Crippen LogP contribution in [0.25, 0.3) is 0 Å². The number of methoxy groups -OCH3 is 1. The number of phenols is 1. The summed E-state index contributed by atoms with van der Waals surface area (Å²) >= 11 is 0. The second-order valence-electron chi connectivity index (χ2n) is 4.59. The van der Waals surface area contributed by atoms with E-state index in [4.69, 9.17) is 9.47 Å². The highest BCUT2D eigenvalue weighted by Gasteiger charge is 2.32. The van der Waals surface area contributed by atoms with Crippen molar-refractivity contribution in [2.75, 3.05) is 13.7 Å². The fraction of sp³-hybridized carbons (Fsp3) is 0.250. The highest BCUT2D eigenvalue weighted by Crippen LogP contribution is 2.35. The summed E-state index contributed by atoms with van der Waals surface area (Å²) in [6.45, 7) is 0.204. The number of hydrogen-bond donors (Lipinski definition) is 1. The first-order valence-corrected chi connectivity index (χ1v) is 6.72. The number of rotatable bonds is 6. The zero-order valence-electron chi connectivity index (χ0n) is 12.3. The lowest BCUT2D eigenvalue weighted by molar-refractivity contribution is -0.275. The predicted molar refractivity (Wildman–Crippen MR) is 77.0 cm³/mol. The van der Waals surface area contributed by atoms with E-state index >= 15 is 0 Å². The van der Waals surface area contributed by atoms with Crippen molar-refractivity contribution < 1.29 is 32.5 Å². The molecule has 0 fully saturated rings. The van der Waals surface area contributed by atoms with E-state index in [-0.39, 0.29) is 18.1 Å². The minimum atomic E-state index is -4.79. The summed E-state index contributed by atoms with van der Waals surface area (Å²) in [6.07, 6.45) is -4.47. The third-order valence-corrected chi connectivity index (χ3v) is 2.95. The van der Waals surface area contributed by atoms with Gasteiger partial charge in [0, 0.05) is 18.1 Å². The quantitative estimate of drug-likeness (QED) is 0.873. The summed E-state index contributed by atoms with van der Waals surface area (Å²) in [5, 5.41) is 9.33. The van der Waals surface area contributed by atoms with E-state index in [2.05, 4.69) is 4.74 Å². The Kier molecular flexibility index (Phi) is 5.20. The molecule has 1 N–H and O–H groups in total. The number of halogens is 3. The molecule has 2 aromatic rings. The van der Waals surface area contributed by atoms with Crippen LogP contribution in [0.2, 0.25) is 0 Å². The van der Waals surface area contributed by atoms with Gasteiger partial charge in [-0.25, -0.2) is 0 Å². The Hall–Kier alpha value is -2.57. The van der Waals surface area contributed by atoms with Crippen LogP contribution in [0, 0.1) is 0 Å². The van der Waals surface area contributed by atoms with Crippen molar-refractivity contribution in [3.8, 4) is 23.0 Å². The second kappa shape index (κ2) is 7.13. The first-order valence-electron chi connectivity index (χ1n) is 6.72. The van der Waals surface area contributed by atoms with Crippen LogP contribution in [0.4, 0.5) is 13.2 Å². The molecule has 4 nitrogen and oxygen atoms in total. The molecule has 0 aliphatic rings. The Morgan fingerprint density at radius 3 is 2.48 bits per heavy atom. The van der Waals surface area contributed by atoms with Crippen LogP contribution < -0.4 is 14.2 Å². The molecule has 0 aliphatic heterocycles. The Morgan fingerprint density at radius 2 is 1.83 bits per heavy atom. The molecule has 0 saturated carbocycles. The molecule has 0 aliphatic carbocycles. The van der Waals surface area contributed by atoms with Crippen LogP contribution in [-0.2, 0) is 6.42 Å². The number of phenolic OH excluding ortho intramolecular Hbond substituents is 1. The molecule has 0 aromatic heterocycles. The minimum absolute atomic E-state index is 0.0179. The van der Waals surface area contributed by atoms with Crippen molar-refractivity contribution in [3.05, 3.63) is 48.0 Å². The van der Waals surface area contributed by atoms with Gasteiger partial charge in [-0.15, -0.1) is 13.2 Å². The van der Waals surface area contributed by atoms with Crippen LogP contribution in [0.1, 0.15) is 5.56 Å². The molecular weight excluding hydrogens is 313 g/mol. The summed E-state index contributed by atoms with van der Waals surface area (Å²) in [5.41, 5.74) is 0.523. The number of aromatic hydroxyl groups is 1. The standard InChI is InChI=1S/C16H15F3O4/c1-21-15-11(4-2-7-14(15)23-16(17,18)19)8-9-22-13-6-3-5-12(20)10-13/h2-7,10,20H,8-9H2,1H3. The Balaban J connectivity index is 2.06. The number of benzene rings is 2. The summed E-state index contributed by atoms with van der Waals surface area (Å²) in [4.78, 5) is 0. The third-order valence-electron chi connectivity index (χ3n) is 2.95. The zero-order chi connectivity index (χ0) is 16.9. The Bertz CT molecular complexity index is 656. The maximum absolute atomic E-state index is 12.4. The summed E-state index contributed by atoms with van der Waals surface area (Å²) in [7, 11) is 1.28. The molecule has 124 valence electrons. The van der Waals surface area contributed by atoms with Crippen molar-refractivity contribution in [1.29, 1.82) is 0 Å². The van der Waals surface area contributed by atoms with Gasteiger partial charge in [-0.2, -0.15) is 0 Å². The second-order valence-corrected chi connectivity index (χ2v) is 4.59. The van der Waals surface area contributed by atoms with E-state index in [9.17, 15) is 18.3 Å². The molecular formula is C16H15F3O4. The van der Waals surface area contributed by atoms with Crippen molar-refractivity contribution in [2.45, 2.75) is 12.8 Å². The molecule has 2 rings (SSSR count). The SMILES string of the molecule is COc1c(CCOc2cccc(O)c2)cccc1OC(F)(F)F. The molecule has 0 atom stereocenters. The highest BCUT2D eigenvalue weighted by molar-refractivity contribution is 5.47. The fourth-order valence-electron chi connectivity index (χ4n) is 2.05. The van der Waals surface area contributed by atoms with Crippen molar-refractivity contribution in [2.24, 2.45) is 0 Å². The average molecular weight is 328 g/mol. The lowest BCUT2D eigenvalue weighted by atomic mass is 10.1. The molecule has 0 amide bonds. The van der Waals surface area contributed by atoms with Crippen molar-refractivity contribution >= 4 is 0 Å². The van der Waals surface area contributed by atoms with Gasteiger partial charge < -0.3 is 19.3 Å². The van der Waals surface area contributed by atoms with Gasteiger partial charge >= 0.3 is 6.36 Å². The predicted octanol–water partition coefficient (Wildman–Crippen LogP) is 3.92. The van der Waals surface area contributed by atoms with Crippen LogP contribution in [-0.4, -0.2) is 25.2 Å². The van der Waals surface area contributed by atoms with Crippen molar-refractivity contribution in [3.63, 3.8) is 0 Å². The van der Waals surface area contributed by atoms with E-state index in [1.165, 1.54) is 31.4 Å². The number of para-hydroxylation sites is 1. The van der Waals surface area contributed by atoms with Gasteiger partial charge in [-0.1, -0.05) is 18.2 Å². The van der Waals surface area contributed by atoms with E-state index in [0.29, 0.717) is 17.7 Å². The van der Waals surface area contributed by atoms with Crippen LogP contribution in [0.3, 0.4) is 0 Å². The molecule has 0 radical (unpaired) electrons. The lowest BCUT2D eigenvalue weighted by Gasteiger charge is -2.15. The van der Waals surface area contributed by atoms with E-state index in [0.717, 1.165) is 0 Å². The lowest BCUT2D eigenvalue weighted by Crippen LogP contribution is -2.18. The minimum Gasteiger partial charge on any atom is -0.508 e. The highest BCUT2D eigenvalue weighted by atomic mass is 19.4. The summed E-state index contributed by atoms with van der Waals surface area (Å²) in [6, 6.07) is 10.5. The van der Waals surface area contributed by atoms with E-state index in [1.807, 2.05) is 0 Å². The largest absolute Gasteiger partial charge is 0.573 e. The maximum Gasteiger partial charge on any atom is 0.573 e. The van der Waals surface area contributed by atoms with Crippen LogP contribution in [0.5, 0.6) is 23.0 Å². The molecule has 0 unspecified atom stereocenters. The monoisotopic (exact) mass is 328 g/mol. The summed E-state index contributed by atoms with van der Waals surface area (Å²) < 4.78 is 51.5. The topological polar surface area (TPSA) is 47.9 Å². The van der Waals surface area contributed by atoms with Gasteiger partial charge in [0.2, 0.25) is 0 Å². The van der Waals surface area contributed by atoms with Crippen molar-refractivity contribution in [1.82, 2.24) is 0 Å². The average Bonchev–Trinajstić information content (AvgIpc) is 2.46. The van der Waals surface area contributed by atoms with E-state index in [1.54, 1.807) is 18.2 Å². The smallest absolute Gasteiger partial charge is 0.508 e. The van der Waals surface area contributed by atoms with Gasteiger partial charge in [0.05, 0.1) is 13.7 Å². The molecule has 0 saturated heterocycles. The van der Waals surface area contributed by atoms with Gasteiger partial charge in [0.1, 0.15) is 11.5 Å². The normalized spacial score (nSPS) is 11.1. The van der Waals surface area contributed by atoms with E-state index < -0.39 is 12.1 Å². The zero-order valence-corrected chi connectivity index (χ0v) is 12.3. The molecule has 0 heterocycles.